The molecule has 1 aromatic carbocycles. The quantitative estimate of drug-likeness (QED) is 0.574. The van der Waals surface area contributed by atoms with Gasteiger partial charge in [0, 0.05) is 9.90 Å². The van der Waals surface area contributed by atoms with E-state index in [9.17, 15) is 9.59 Å². The Hall–Kier alpha value is -1.76. The third-order valence-corrected chi connectivity index (χ3v) is 6.06. The zero-order valence-corrected chi connectivity index (χ0v) is 17.8. The zero-order valence-electron chi connectivity index (χ0n) is 15.5. The molecule has 0 fully saturated rings. The first-order chi connectivity index (χ1) is 13.5. The van der Waals surface area contributed by atoms with Crippen molar-refractivity contribution in [2.24, 2.45) is 0 Å². The molecule has 150 valence electrons. The van der Waals surface area contributed by atoms with Gasteiger partial charge in [0.2, 0.25) is 0 Å². The van der Waals surface area contributed by atoms with Crippen molar-refractivity contribution in [2.75, 3.05) is 18.5 Å². The smallest absolute Gasteiger partial charge is 0.341 e. The number of thiophene rings is 1. The van der Waals surface area contributed by atoms with E-state index in [0.717, 1.165) is 42.5 Å². The Labute approximate surface area is 177 Å². The molecule has 0 bridgehead atoms. The van der Waals surface area contributed by atoms with E-state index in [0.29, 0.717) is 33.0 Å². The van der Waals surface area contributed by atoms with Crippen molar-refractivity contribution in [1.29, 1.82) is 0 Å². The Morgan fingerprint density at radius 3 is 2.75 bits per heavy atom. The molecule has 28 heavy (non-hydrogen) atoms. The van der Waals surface area contributed by atoms with Crippen LogP contribution < -0.4 is 10.1 Å². The normalized spacial score (nSPS) is 13.0. The monoisotopic (exact) mass is 441 g/mol. The lowest BCUT2D eigenvalue weighted by atomic mass is 9.95. The number of fused-ring (bicyclic) bond motifs is 1. The van der Waals surface area contributed by atoms with Gasteiger partial charge < -0.3 is 14.8 Å². The zero-order chi connectivity index (χ0) is 20.1. The van der Waals surface area contributed by atoms with E-state index in [1.54, 1.807) is 18.2 Å². The van der Waals surface area contributed by atoms with Crippen molar-refractivity contribution >= 4 is 51.4 Å². The number of anilines is 1. The minimum Gasteiger partial charge on any atom is -0.482 e. The number of hydrogen-bond acceptors (Lipinski definition) is 5. The number of nitrogens with one attached hydrogen (secondary N) is 1. The molecule has 0 unspecified atom stereocenters. The number of aryl methyl sites for hydroxylation is 1. The van der Waals surface area contributed by atoms with Gasteiger partial charge in [-0.05, 0) is 55.9 Å². The van der Waals surface area contributed by atoms with E-state index < -0.39 is 0 Å². The average molecular weight is 442 g/mol. The average Bonchev–Trinajstić information content (AvgIpc) is 3.03. The minimum absolute atomic E-state index is 0.229. The third-order valence-electron chi connectivity index (χ3n) is 4.32. The highest BCUT2D eigenvalue weighted by Crippen LogP contribution is 2.38. The number of amides is 1. The predicted molar refractivity (Wildman–Crippen MR) is 112 cm³/mol. The maximum absolute atomic E-state index is 12.6. The van der Waals surface area contributed by atoms with Crippen LogP contribution in [0.3, 0.4) is 0 Å². The number of hydrogen-bond donors (Lipinski definition) is 1. The summed E-state index contributed by atoms with van der Waals surface area (Å²) in [5.41, 5.74) is 1.50. The van der Waals surface area contributed by atoms with Gasteiger partial charge in [0.15, 0.2) is 6.61 Å². The van der Waals surface area contributed by atoms with Gasteiger partial charge in [-0.15, -0.1) is 11.3 Å². The van der Waals surface area contributed by atoms with Crippen LogP contribution in [0.4, 0.5) is 5.00 Å². The van der Waals surface area contributed by atoms with Crippen molar-refractivity contribution in [3.05, 3.63) is 44.2 Å². The molecular weight excluding hydrogens is 421 g/mol. The molecule has 0 spiro atoms. The van der Waals surface area contributed by atoms with Crippen LogP contribution in [-0.4, -0.2) is 25.1 Å². The van der Waals surface area contributed by atoms with Crippen LogP contribution in [0.25, 0.3) is 0 Å². The molecule has 1 heterocycles. The van der Waals surface area contributed by atoms with Gasteiger partial charge in [-0.1, -0.05) is 30.1 Å². The highest BCUT2D eigenvalue weighted by atomic mass is 35.5. The van der Waals surface area contributed by atoms with E-state index in [2.05, 4.69) is 5.32 Å². The lowest BCUT2D eigenvalue weighted by Crippen LogP contribution is -2.21. The molecule has 0 aliphatic heterocycles. The molecule has 2 aromatic rings. The predicted octanol–water partition coefficient (Wildman–Crippen LogP) is 5.52. The Morgan fingerprint density at radius 1 is 1.21 bits per heavy atom. The first-order valence-electron chi connectivity index (χ1n) is 9.19. The topological polar surface area (TPSA) is 64.6 Å². The highest BCUT2D eigenvalue weighted by molar-refractivity contribution is 7.17. The summed E-state index contributed by atoms with van der Waals surface area (Å²) in [6.45, 7) is 2.07. The molecule has 0 radical (unpaired) electrons. The highest BCUT2D eigenvalue weighted by Gasteiger charge is 2.27. The van der Waals surface area contributed by atoms with E-state index in [1.807, 2.05) is 6.92 Å². The fraction of sp³-hybridized carbons (Fsp3) is 0.400. The SMILES string of the molecule is CCCOC(=O)c1c(NC(=O)COc2ccc(Cl)cc2Cl)sc2c1CCCC2. The molecule has 0 saturated heterocycles. The van der Waals surface area contributed by atoms with Crippen molar-refractivity contribution in [1.82, 2.24) is 0 Å². The Kier molecular flexibility index (Phi) is 7.21. The number of benzene rings is 1. The van der Waals surface area contributed by atoms with Gasteiger partial charge in [-0.3, -0.25) is 4.79 Å². The molecule has 3 rings (SSSR count). The molecule has 1 N–H and O–H groups in total. The van der Waals surface area contributed by atoms with Gasteiger partial charge in [-0.25, -0.2) is 4.79 Å². The summed E-state index contributed by atoms with van der Waals surface area (Å²) in [5.74, 6) is -0.373. The van der Waals surface area contributed by atoms with Crippen LogP contribution in [0, 0.1) is 0 Å². The first kappa shape index (κ1) is 21.0. The maximum atomic E-state index is 12.6. The van der Waals surface area contributed by atoms with Crippen molar-refractivity contribution in [3.63, 3.8) is 0 Å². The van der Waals surface area contributed by atoms with Gasteiger partial charge in [0.05, 0.1) is 17.2 Å². The Morgan fingerprint density at radius 2 is 2.00 bits per heavy atom. The third kappa shape index (κ3) is 4.99. The summed E-state index contributed by atoms with van der Waals surface area (Å²) in [5, 5.41) is 4.16. The van der Waals surface area contributed by atoms with Crippen LogP contribution in [0.15, 0.2) is 18.2 Å². The molecule has 1 aliphatic carbocycles. The van der Waals surface area contributed by atoms with E-state index in [-0.39, 0.29) is 18.5 Å². The number of rotatable bonds is 7. The van der Waals surface area contributed by atoms with Crippen LogP contribution in [0.2, 0.25) is 10.0 Å². The van der Waals surface area contributed by atoms with Crippen LogP contribution >= 0.6 is 34.5 Å². The Balaban J connectivity index is 1.72. The summed E-state index contributed by atoms with van der Waals surface area (Å²) in [7, 11) is 0. The summed E-state index contributed by atoms with van der Waals surface area (Å²) in [4.78, 5) is 26.1. The first-order valence-corrected chi connectivity index (χ1v) is 10.8. The van der Waals surface area contributed by atoms with Gasteiger partial charge in [0.25, 0.3) is 5.91 Å². The number of carbonyl (C=O) groups excluding carboxylic acids is 2. The van der Waals surface area contributed by atoms with Crippen LogP contribution in [-0.2, 0) is 22.4 Å². The molecule has 0 saturated carbocycles. The minimum atomic E-state index is -0.377. The molecular formula is C20H21Cl2NO4S. The second-order valence-corrected chi connectivity index (χ2v) is 8.41. The van der Waals surface area contributed by atoms with Gasteiger partial charge in [-0.2, -0.15) is 0 Å². The van der Waals surface area contributed by atoms with E-state index in [4.69, 9.17) is 32.7 Å². The summed E-state index contributed by atoms with van der Waals surface area (Å²) in [6, 6.07) is 4.79. The second-order valence-electron chi connectivity index (χ2n) is 6.46. The summed E-state index contributed by atoms with van der Waals surface area (Å²) < 4.78 is 10.8. The maximum Gasteiger partial charge on any atom is 0.341 e. The number of esters is 1. The largest absolute Gasteiger partial charge is 0.482 e. The lowest BCUT2D eigenvalue weighted by Gasteiger charge is -2.13. The molecule has 1 aliphatic rings. The standard InChI is InChI=1S/C20H21Cl2NO4S/c1-2-9-26-20(25)18-13-5-3-4-6-16(13)28-19(18)23-17(24)11-27-15-8-7-12(21)10-14(15)22/h7-8,10H,2-6,9,11H2,1H3,(H,23,24). The Bertz CT molecular complexity index is 881. The van der Waals surface area contributed by atoms with E-state index in [1.165, 1.54) is 11.3 Å². The lowest BCUT2D eigenvalue weighted by molar-refractivity contribution is -0.118. The fourth-order valence-electron chi connectivity index (χ4n) is 3.04. The number of halogens is 2. The molecule has 1 amide bonds. The fourth-order valence-corrected chi connectivity index (χ4v) is 4.79. The second kappa shape index (κ2) is 9.63. The molecule has 0 atom stereocenters. The molecule has 1 aromatic heterocycles. The number of carbonyl (C=O) groups is 2. The molecule has 8 heteroatoms. The van der Waals surface area contributed by atoms with E-state index >= 15 is 0 Å². The van der Waals surface area contributed by atoms with Crippen molar-refractivity contribution in [2.45, 2.75) is 39.0 Å². The van der Waals surface area contributed by atoms with Crippen LogP contribution in [0.1, 0.15) is 47.0 Å². The number of ether oxygens (including phenoxy) is 2. The van der Waals surface area contributed by atoms with Crippen molar-refractivity contribution < 1.29 is 19.1 Å². The van der Waals surface area contributed by atoms with Crippen LogP contribution in [0.5, 0.6) is 5.75 Å². The summed E-state index contributed by atoms with van der Waals surface area (Å²) in [6.07, 6.45) is 4.61. The van der Waals surface area contributed by atoms with Crippen molar-refractivity contribution in [3.8, 4) is 5.75 Å². The van der Waals surface area contributed by atoms with Gasteiger partial charge >= 0.3 is 5.97 Å². The summed E-state index contributed by atoms with van der Waals surface area (Å²) >= 11 is 13.4. The molecule has 5 nitrogen and oxygen atoms in total. The van der Waals surface area contributed by atoms with Gasteiger partial charge in [0.1, 0.15) is 10.8 Å².